The summed E-state index contributed by atoms with van der Waals surface area (Å²) in [6.07, 6.45) is -0.982. The second kappa shape index (κ2) is 7.08. The Bertz CT molecular complexity index is 612. The second-order valence-corrected chi connectivity index (χ2v) is 4.56. The minimum Gasteiger partial charge on any atom is -0.362 e. The van der Waals surface area contributed by atoms with Gasteiger partial charge in [-0.3, -0.25) is 9.48 Å². The van der Waals surface area contributed by atoms with Gasteiger partial charge >= 0.3 is 6.18 Å². The van der Waals surface area contributed by atoms with Gasteiger partial charge < -0.3 is 10.1 Å². The number of nitrogens with one attached hydrogen (secondary N) is 1. The lowest BCUT2D eigenvalue weighted by Gasteiger charge is -2.09. The van der Waals surface area contributed by atoms with Crippen LogP contribution >= 0.6 is 0 Å². The highest BCUT2D eigenvalue weighted by molar-refractivity contribution is 5.91. The normalized spacial score (nSPS) is 11.4. The van der Waals surface area contributed by atoms with Crippen LogP contribution in [0.2, 0.25) is 0 Å². The van der Waals surface area contributed by atoms with Crippen LogP contribution in [0.25, 0.3) is 0 Å². The fourth-order valence-corrected chi connectivity index (χ4v) is 1.79. The molecule has 0 saturated heterocycles. The molecule has 0 atom stereocenters. The minimum absolute atomic E-state index is 0.491. The average Bonchev–Trinajstić information content (AvgIpc) is 2.90. The van der Waals surface area contributed by atoms with E-state index in [1.807, 2.05) is 6.07 Å². The van der Waals surface area contributed by atoms with Gasteiger partial charge in [0.2, 0.25) is 5.91 Å². The molecule has 22 heavy (non-hydrogen) atoms. The Morgan fingerprint density at radius 3 is 2.82 bits per heavy atom. The smallest absolute Gasteiger partial charge is 0.362 e. The van der Waals surface area contributed by atoms with Crippen LogP contribution in [-0.2, 0) is 16.1 Å². The largest absolute Gasteiger partial charge is 0.411 e. The Morgan fingerprint density at radius 2 is 2.14 bits per heavy atom. The summed E-state index contributed by atoms with van der Waals surface area (Å²) in [6.45, 7) is -1.57. The first kappa shape index (κ1) is 16.0. The topological polar surface area (TPSA) is 56.1 Å². The molecule has 0 fully saturated rings. The molecule has 118 valence electrons. The van der Waals surface area contributed by atoms with Crippen molar-refractivity contribution in [2.45, 2.75) is 12.7 Å². The Morgan fingerprint density at radius 1 is 1.32 bits per heavy atom. The maximum Gasteiger partial charge on any atom is 0.411 e. The van der Waals surface area contributed by atoms with Gasteiger partial charge in [0, 0.05) is 18.1 Å². The van der Waals surface area contributed by atoms with Crippen molar-refractivity contribution >= 4 is 11.6 Å². The van der Waals surface area contributed by atoms with E-state index in [-0.39, 0.29) is 0 Å². The van der Waals surface area contributed by atoms with Gasteiger partial charge in [0.15, 0.2) is 0 Å². The number of carbonyl (C=O) groups excluding carboxylic acids is 1. The quantitative estimate of drug-likeness (QED) is 0.891. The second-order valence-electron chi connectivity index (χ2n) is 4.56. The molecule has 0 bridgehead atoms. The van der Waals surface area contributed by atoms with Gasteiger partial charge in [0.1, 0.15) is 13.2 Å². The molecule has 0 aliphatic carbocycles. The Kier molecular flexibility index (Phi) is 5.16. The van der Waals surface area contributed by atoms with Crippen LogP contribution in [0.1, 0.15) is 5.56 Å². The molecule has 1 aromatic carbocycles. The number of hydrogen-bond acceptors (Lipinski definition) is 3. The predicted molar refractivity (Wildman–Crippen MR) is 73.3 cm³/mol. The first-order valence-electron chi connectivity index (χ1n) is 6.43. The van der Waals surface area contributed by atoms with E-state index in [1.54, 1.807) is 41.3 Å². The molecular weight excluding hydrogens is 299 g/mol. The third kappa shape index (κ3) is 5.57. The summed E-state index contributed by atoms with van der Waals surface area (Å²) in [5.41, 5.74) is 1.39. The average molecular weight is 313 g/mol. The van der Waals surface area contributed by atoms with E-state index in [4.69, 9.17) is 0 Å². The van der Waals surface area contributed by atoms with Crippen molar-refractivity contribution in [2.75, 3.05) is 18.5 Å². The van der Waals surface area contributed by atoms with Crippen molar-refractivity contribution in [3.05, 3.63) is 48.3 Å². The van der Waals surface area contributed by atoms with Gasteiger partial charge in [-0.1, -0.05) is 12.1 Å². The molecule has 1 aromatic heterocycles. The number of aromatic nitrogens is 2. The number of benzene rings is 1. The number of ether oxygens (including phenoxy) is 1. The summed E-state index contributed by atoms with van der Waals surface area (Å²) in [4.78, 5) is 11.5. The van der Waals surface area contributed by atoms with Crippen LogP contribution in [-0.4, -0.2) is 35.1 Å². The van der Waals surface area contributed by atoms with Crippen LogP contribution in [0.4, 0.5) is 18.9 Å². The van der Waals surface area contributed by atoms with E-state index in [0.717, 1.165) is 5.56 Å². The first-order valence-corrected chi connectivity index (χ1v) is 6.43. The van der Waals surface area contributed by atoms with E-state index in [9.17, 15) is 18.0 Å². The van der Waals surface area contributed by atoms with Gasteiger partial charge in [0.05, 0.1) is 6.54 Å². The van der Waals surface area contributed by atoms with Crippen molar-refractivity contribution in [2.24, 2.45) is 0 Å². The van der Waals surface area contributed by atoms with Gasteiger partial charge in [-0.2, -0.15) is 18.3 Å². The van der Waals surface area contributed by atoms with Crippen LogP contribution in [0.3, 0.4) is 0 Å². The third-order valence-corrected chi connectivity index (χ3v) is 2.61. The molecule has 8 heteroatoms. The Hall–Kier alpha value is -2.35. The SMILES string of the molecule is O=C(COCC(F)(F)F)Nc1cccc(Cn2cccn2)c1. The van der Waals surface area contributed by atoms with Crippen molar-refractivity contribution < 1.29 is 22.7 Å². The molecule has 0 unspecified atom stereocenters. The number of nitrogens with zero attached hydrogens (tertiary/aromatic N) is 2. The number of amides is 1. The molecule has 1 amide bonds. The molecule has 5 nitrogen and oxygen atoms in total. The minimum atomic E-state index is -4.44. The summed E-state index contributed by atoms with van der Waals surface area (Å²) in [5.74, 6) is -0.638. The predicted octanol–water partition coefficient (Wildman–Crippen LogP) is 2.45. The highest BCUT2D eigenvalue weighted by Crippen LogP contribution is 2.15. The highest BCUT2D eigenvalue weighted by atomic mass is 19.4. The molecule has 0 aliphatic rings. The number of halogens is 3. The molecular formula is C14H14F3N3O2. The van der Waals surface area contributed by atoms with Crippen molar-refractivity contribution in [3.63, 3.8) is 0 Å². The number of alkyl halides is 3. The fourth-order valence-electron chi connectivity index (χ4n) is 1.79. The summed E-state index contributed by atoms with van der Waals surface area (Å²) >= 11 is 0. The van der Waals surface area contributed by atoms with Crippen molar-refractivity contribution in [1.82, 2.24) is 9.78 Å². The van der Waals surface area contributed by atoms with E-state index in [1.165, 1.54) is 0 Å². The molecule has 0 saturated carbocycles. The number of rotatable bonds is 6. The molecule has 1 heterocycles. The highest BCUT2D eigenvalue weighted by Gasteiger charge is 2.27. The standard InChI is InChI=1S/C14H14F3N3O2/c15-14(16,17)10-22-9-13(21)19-12-4-1-3-11(7-12)8-20-6-2-5-18-20/h1-7H,8-10H2,(H,19,21). The maximum absolute atomic E-state index is 11.9. The van der Waals surface area contributed by atoms with Crippen molar-refractivity contribution in [1.29, 1.82) is 0 Å². The monoisotopic (exact) mass is 313 g/mol. The van der Waals surface area contributed by atoms with Crippen LogP contribution in [0.15, 0.2) is 42.7 Å². The van der Waals surface area contributed by atoms with E-state index in [0.29, 0.717) is 12.2 Å². The molecule has 2 aromatic rings. The number of anilines is 1. The number of carbonyl (C=O) groups is 1. The maximum atomic E-state index is 11.9. The molecule has 0 aliphatic heterocycles. The van der Waals surface area contributed by atoms with Crippen LogP contribution in [0.5, 0.6) is 0 Å². The lowest BCUT2D eigenvalue weighted by Crippen LogP contribution is -2.24. The van der Waals surface area contributed by atoms with Gasteiger partial charge in [-0.15, -0.1) is 0 Å². The van der Waals surface area contributed by atoms with Gasteiger partial charge in [-0.25, -0.2) is 0 Å². The zero-order chi connectivity index (χ0) is 16.0. The summed E-state index contributed by atoms with van der Waals surface area (Å²) in [6, 6.07) is 8.77. The summed E-state index contributed by atoms with van der Waals surface area (Å²) < 4.78 is 41.7. The van der Waals surface area contributed by atoms with Crippen LogP contribution in [0, 0.1) is 0 Å². The third-order valence-electron chi connectivity index (χ3n) is 2.61. The molecule has 0 radical (unpaired) electrons. The van der Waals surface area contributed by atoms with Gasteiger partial charge in [-0.05, 0) is 23.8 Å². The van der Waals surface area contributed by atoms with E-state index < -0.39 is 25.3 Å². The van der Waals surface area contributed by atoms with Crippen LogP contribution < -0.4 is 5.32 Å². The zero-order valence-electron chi connectivity index (χ0n) is 11.5. The van der Waals surface area contributed by atoms with Gasteiger partial charge in [0.25, 0.3) is 0 Å². The zero-order valence-corrected chi connectivity index (χ0v) is 11.5. The Balaban J connectivity index is 1.86. The summed E-state index contributed by atoms with van der Waals surface area (Å²) in [5, 5.41) is 6.56. The number of hydrogen-bond donors (Lipinski definition) is 1. The molecule has 1 N–H and O–H groups in total. The van der Waals surface area contributed by atoms with Crippen molar-refractivity contribution in [3.8, 4) is 0 Å². The Labute approximate surface area is 124 Å². The van der Waals surface area contributed by atoms with E-state index in [2.05, 4.69) is 15.2 Å². The lowest BCUT2D eigenvalue weighted by molar-refractivity contribution is -0.174. The molecule has 0 spiro atoms. The first-order chi connectivity index (χ1) is 10.4. The fraction of sp³-hybridized carbons (Fsp3) is 0.286. The van der Waals surface area contributed by atoms with E-state index >= 15 is 0 Å². The summed E-state index contributed by atoms with van der Waals surface area (Å²) in [7, 11) is 0. The lowest BCUT2D eigenvalue weighted by atomic mass is 10.2. The molecule has 2 rings (SSSR count).